The number of anilines is 1. The number of amides is 1. The molecule has 4 nitrogen and oxygen atoms in total. The zero-order valence-electron chi connectivity index (χ0n) is 12.1. The molecule has 1 aliphatic rings. The van der Waals surface area contributed by atoms with Crippen LogP contribution in [0.5, 0.6) is 0 Å². The average Bonchev–Trinajstić information content (AvgIpc) is 2.32. The van der Waals surface area contributed by atoms with Gasteiger partial charge in [0.2, 0.25) is 0 Å². The monoisotopic (exact) mass is 318 g/mol. The first-order chi connectivity index (χ1) is 8.81. The fourth-order valence-electron chi connectivity index (χ4n) is 2.22. The lowest BCUT2D eigenvalue weighted by molar-refractivity contribution is 0.0388. The Morgan fingerprint density at radius 1 is 1.40 bits per heavy atom. The first-order valence-corrected chi connectivity index (χ1v) is 6.59. The quantitative estimate of drug-likeness (QED) is 0.905. The summed E-state index contributed by atoms with van der Waals surface area (Å²) < 4.78 is 5.05. The molecular formula is C14H20Cl2N2O2. The molecule has 0 aromatic heterocycles. The summed E-state index contributed by atoms with van der Waals surface area (Å²) in [5, 5.41) is 3.51. The zero-order chi connectivity index (χ0) is 14.2. The maximum absolute atomic E-state index is 11.4. The predicted molar refractivity (Wildman–Crippen MR) is 84.0 cm³/mol. The number of nitrogens with zero attached hydrogens (tertiary/aromatic N) is 1. The Labute approximate surface area is 130 Å². The minimum atomic E-state index is -0.392. The zero-order valence-corrected chi connectivity index (χ0v) is 13.6. The molecule has 0 radical (unpaired) electrons. The lowest BCUT2D eigenvalue weighted by Crippen LogP contribution is -2.47. The summed E-state index contributed by atoms with van der Waals surface area (Å²) >= 11 is 6.36. The van der Waals surface area contributed by atoms with Crippen molar-refractivity contribution in [1.29, 1.82) is 0 Å². The number of carbonyl (C=O) groups excluding carboxylic acids is 1. The van der Waals surface area contributed by atoms with E-state index in [-0.39, 0.29) is 23.9 Å². The highest BCUT2D eigenvalue weighted by molar-refractivity contribution is 6.31. The van der Waals surface area contributed by atoms with Gasteiger partial charge in [-0.15, -0.1) is 12.4 Å². The molecular weight excluding hydrogens is 299 g/mol. The Morgan fingerprint density at radius 3 is 2.60 bits per heavy atom. The Bertz CT molecular complexity index is 504. The molecule has 1 aromatic rings. The van der Waals surface area contributed by atoms with Crippen LogP contribution in [-0.2, 0) is 4.74 Å². The number of hydrogen-bond acceptors (Lipinski definition) is 3. The van der Waals surface area contributed by atoms with Gasteiger partial charge in [0, 0.05) is 30.2 Å². The van der Waals surface area contributed by atoms with Crippen LogP contribution in [0.1, 0.15) is 25.5 Å². The van der Waals surface area contributed by atoms with Crippen molar-refractivity contribution in [2.75, 3.05) is 25.6 Å². The van der Waals surface area contributed by atoms with Gasteiger partial charge in [0.05, 0.1) is 6.04 Å². The second kappa shape index (κ2) is 6.10. The van der Waals surface area contributed by atoms with Crippen LogP contribution < -0.4 is 10.2 Å². The van der Waals surface area contributed by atoms with Crippen LogP contribution in [0.15, 0.2) is 18.2 Å². The standard InChI is InChI=1S/C14H19ClN2O2.ClH/c1-14(2)8-19-13(18)16-12(14)10-6-5-9(17(3)4)7-11(10)15;/h5-7,12H,8H2,1-4H3,(H,16,18);1H/t12-;/m0./s1. The average molecular weight is 319 g/mol. The Hall–Kier alpha value is -1.13. The van der Waals surface area contributed by atoms with Gasteiger partial charge in [-0.05, 0) is 17.7 Å². The number of cyclic esters (lactones) is 1. The van der Waals surface area contributed by atoms with Crippen molar-refractivity contribution < 1.29 is 9.53 Å². The molecule has 1 saturated heterocycles. The molecule has 0 spiro atoms. The Kier molecular flexibility index (Phi) is 5.16. The maximum atomic E-state index is 11.4. The van der Waals surface area contributed by atoms with E-state index >= 15 is 0 Å². The highest BCUT2D eigenvalue weighted by Crippen LogP contribution is 2.40. The second-order valence-corrected chi connectivity index (χ2v) is 6.15. The van der Waals surface area contributed by atoms with Crippen molar-refractivity contribution in [3.05, 3.63) is 28.8 Å². The molecule has 0 aliphatic carbocycles. The van der Waals surface area contributed by atoms with Crippen molar-refractivity contribution in [2.24, 2.45) is 5.41 Å². The SMILES string of the molecule is CN(C)c1ccc([C@@H]2NC(=O)OCC2(C)C)c(Cl)c1.Cl. The minimum absolute atomic E-state index is 0. The molecule has 1 amide bonds. The molecule has 1 aromatic carbocycles. The maximum Gasteiger partial charge on any atom is 0.407 e. The molecule has 20 heavy (non-hydrogen) atoms. The van der Waals surface area contributed by atoms with Crippen molar-refractivity contribution in [1.82, 2.24) is 5.32 Å². The largest absolute Gasteiger partial charge is 0.449 e. The number of alkyl carbamates (subject to hydrolysis) is 1. The van der Waals surface area contributed by atoms with Gasteiger partial charge in [-0.3, -0.25) is 0 Å². The van der Waals surface area contributed by atoms with Crippen LogP contribution in [0, 0.1) is 5.41 Å². The van der Waals surface area contributed by atoms with E-state index in [1.54, 1.807) is 0 Å². The second-order valence-electron chi connectivity index (χ2n) is 5.74. The van der Waals surface area contributed by atoms with Gasteiger partial charge in [-0.2, -0.15) is 0 Å². The first-order valence-electron chi connectivity index (χ1n) is 6.21. The fraction of sp³-hybridized carbons (Fsp3) is 0.500. The van der Waals surface area contributed by atoms with E-state index < -0.39 is 6.09 Å². The third-order valence-electron chi connectivity index (χ3n) is 3.43. The summed E-state index contributed by atoms with van der Waals surface area (Å²) in [4.78, 5) is 13.4. The number of benzene rings is 1. The van der Waals surface area contributed by atoms with Gasteiger partial charge in [0.15, 0.2) is 0 Å². The van der Waals surface area contributed by atoms with E-state index in [2.05, 4.69) is 5.32 Å². The molecule has 1 atom stereocenters. The molecule has 0 unspecified atom stereocenters. The third kappa shape index (κ3) is 3.30. The van der Waals surface area contributed by atoms with Gasteiger partial charge < -0.3 is 15.0 Å². The molecule has 1 N–H and O–H groups in total. The molecule has 1 fully saturated rings. The van der Waals surface area contributed by atoms with Crippen LogP contribution in [0.2, 0.25) is 5.02 Å². The summed E-state index contributed by atoms with van der Waals surface area (Å²) in [6, 6.07) is 5.74. The summed E-state index contributed by atoms with van der Waals surface area (Å²) in [6.07, 6.45) is -0.392. The van der Waals surface area contributed by atoms with Gasteiger partial charge >= 0.3 is 6.09 Å². The number of rotatable bonds is 2. The lowest BCUT2D eigenvalue weighted by atomic mass is 9.80. The number of ether oxygens (including phenoxy) is 1. The van der Waals surface area contributed by atoms with E-state index in [1.807, 2.05) is 51.0 Å². The van der Waals surface area contributed by atoms with E-state index in [0.29, 0.717) is 11.6 Å². The van der Waals surface area contributed by atoms with E-state index in [0.717, 1.165) is 11.3 Å². The number of halogens is 2. The van der Waals surface area contributed by atoms with Crippen LogP contribution in [0.3, 0.4) is 0 Å². The van der Waals surface area contributed by atoms with Crippen molar-refractivity contribution in [2.45, 2.75) is 19.9 Å². The van der Waals surface area contributed by atoms with Crippen LogP contribution in [0.4, 0.5) is 10.5 Å². The molecule has 0 saturated carbocycles. The van der Waals surface area contributed by atoms with Crippen LogP contribution >= 0.6 is 24.0 Å². The summed E-state index contributed by atoms with van der Waals surface area (Å²) in [5.41, 5.74) is 1.76. The number of hydrogen-bond donors (Lipinski definition) is 1. The topological polar surface area (TPSA) is 41.6 Å². The Morgan fingerprint density at radius 2 is 2.05 bits per heavy atom. The lowest BCUT2D eigenvalue weighted by Gasteiger charge is -2.39. The Balaban J connectivity index is 0.00000200. The van der Waals surface area contributed by atoms with Gasteiger partial charge in [0.25, 0.3) is 0 Å². The van der Waals surface area contributed by atoms with Crippen molar-refractivity contribution >= 4 is 35.8 Å². The molecule has 1 aliphatic heterocycles. The molecule has 1 heterocycles. The normalized spacial score (nSPS) is 20.4. The highest BCUT2D eigenvalue weighted by Gasteiger charge is 2.38. The molecule has 112 valence electrons. The number of nitrogens with one attached hydrogen (secondary N) is 1. The summed E-state index contributed by atoms with van der Waals surface area (Å²) in [6.45, 7) is 4.48. The van der Waals surface area contributed by atoms with Gasteiger partial charge in [-0.1, -0.05) is 31.5 Å². The van der Waals surface area contributed by atoms with E-state index in [1.165, 1.54) is 0 Å². The third-order valence-corrected chi connectivity index (χ3v) is 3.76. The fourth-order valence-corrected chi connectivity index (χ4v) is 2.50. The summed E-state index contributed by atoms with van der Waals surface area (Å²) in [7, 11) is 3.93. The summed E-state index contributed by atoms with van der Waals surface area (Å²) in [5.74, 6) is 0. The highest BCUT2D eigenvalue weighted by atomic mass is 35.5. The van der Waals surface area contributed by atoms with Crippen molar-refractivity contribution in [3.8, 4) is 0 Å². The smallest absolute Gasteiger partial charge is 0.407 e. The number of carbonyl (C=O) groups is 1. The minimum Gasteiger partial charge on any atom is -0.449 e. The first kappa shape index (κ1) is 16.9. The predicted octanol–water partition coefficient (Wildman–Crippen LogP) is 3.63. The van der Waals surface area contributed by atoms with Gasteiger partial charge in [-0.25, -0.2) is 4.79 Å². The van der Waals surface area contributed by atoms with Crippen LogP contribution in [-0.4, -0.2) is 26.8 Å². The molecule has 2 rings (SSSR count). The van der Waals surface area contributed by atoms with Crippen LogP contribution in [0.25, 0.3) is 0 Å². The van der Waals surface area contributed by atoms with Crippen molar-refractivity contribution in [3.63, 3.8) is 0 Å². The molecule has 0 bridgehead atoms. The van der Waals surface area contributed by atoms with Gasteiger partial charge in [0.1, 0.15) is 6.61 Å². The molecule has 6 heteroatoms. The van der Waals surface area contributed by atoms with E-state index in [9.17, 15) is 4.79 Å². The van der Waals surface area contributed by atoms with E-state index in [4.69, 9.17) is 16.3 Å².